The van der Waals surface area contributed by atoms with Crippen molar-refractivity contribution in [2.45, 2.75) is 0 Å². The number of nitrogens with one attached hydrogen (secondary N) is 1. The summed E-state index contributed by atoms with van der Waals surface area (Å²) in [5, 5.41) is 2.37. The molecule has 24 heavy (non-hydrogen) atoms. The number of hydrogen-bond donors (Lipinski definition) is 1. The van der Waals surface area contributed by atoms with Crippen molar-refractivity contribution in [1.29, 1.82) is 0 Å². The summed E-state index contributed by atoms with van der Waals surface area (Å²) in [7, 11) is 1.47. The molecule has 0 aromatic heterocycles. The highest BCUT2D eigenvalue weighted by Gasteiger charge is 2.28. The van der Waals surface area contributed by atoms with Gasteiger partial charge < -0.3 is 19.5 Å². The Morgan fingerprint density at radius 3 is 2.79 bits per heavy atom. The van der Waals surface area contributed by atoms with Crippen LogP contribution >= 0.6 is 0 Å². The summed E-state index contributed by atoms with van der Waals surface area (Å²) in [6.45, 7) is -0.756. The zero-order chi connectivity index (χ0) is 17.5. The monoisotopic (exact) mass is 336 g/mol. The normalized spacial score (nSPS) is 13.2. The van der Waals surface area contributed by atoms with E-state index >= 15 is 0 Å². The number of amides is 3. The largest absolute Gasteiger partial charge is 0.497 e. The first-order chi connectivity index (χ1) is 11.5. The van der Waals surface area contributed by atoms with Crippen molar-refractivity contribution in [3.05, 3.63) is 29.8 Å². The molecule has 0 radical (unpaired) electrons. The minimum atomic E-state index is -0.799. The second kappa shape index (κ2) is 7.95. The number of carbonyl (C=O) groups excluding carboxylic acids is 4. The van der Waals surface area contributed by atoms with Crippen molar-refractivity contribution in [2.75, 3.05) is 33.4 Å². The van der Waals surface area contributed by atoms with Crippen LogP contribution in [-0.2, 0) is 19.1 Å². The number of hydrogen-bond acceptors (Lipinski definition) is 7. The molecule has 0 unspecified atom stereocenters. The minimum Gasteiger partial charge on any atom is -0.497 e. The van der Waals surface area contributed by atoms with Gasteiger partial charge in [-0.15, -0.1) is 0 Å². The predicted molar refractivity (Wildman–Crippen MR) is 79.3 cm³/mol. The molecule has 1 saturated heterocycles. The molecule has 1 aromatic rings. The van der Waals surface area contributed by atoms with Gasteiger partial charge in [-0.2, -0.15) is 0 Å². The Morgan fingerprint density at radius 1 is 1.33 bits per heavy atom. The number of esters is 1. The van der Waals surface area contributed by atoms with E-state index in [1.165, 1.54) is 13.2 Å². The summed E-state index contributed by atoms with van der Waals surface area (Å²) in [6.07, 6.45) is -0.762. The molecule has 9 heteroatoms. The lowest BCUT2D eigenvalue weighted by Crippen LogP contribution is -2.37. The molecule has 0 bridgehead atoms. The van der Waals surface area contributed by atoms with Gasteiger partial charge in [0, 0.05) is 5.56 Å². The van der Waals surface area contributed by atoms with Crippen molar-refractivity contribution >= 4 is 23.9 Å². The van der Waals surface area contributed by atoms with E-state index in [4.69, 9.17) is 9.47 Å². The number of cyclic esters (lactones) is 1. The maximum absolute atomic E-state index is 11.9. The lowest BCUT2D eigenvalue weighted by atomic mass is 10.2. The first kappa shape index (κ1) is 17.3. The van der Waals surface area contributed by atoms with Gasteiger partial charge in [0.05, 0.1) is 13.7 Å². The first-order valence-corrected chi connectivity index (χ1v) is 7.06. The Kier molecular flexibility index (Phi) is 5.72. The quantitative estimate of drug-likeness (QED) is 0.725. The van der Waals surface area contributed by atoms with E-state index in [-0.39, 0.29) is 13.2 Å². The minimum absolute atomic E-state index is 0.120. The van der Waals surface area contributed by atoms with Gasteiger partial charge in [0.25, 0.3) is 11.8 Å². The van der Waals surface area contributed by atoms with Crippen molar-refractivity contribution < 1.29 is 33.4 Å². The fraction of sp³-hybridized carbons (Fsp3) is 0.333. The van der Waals surface area contributed by atoms with Crippen LogP contribution in [0.25, 0.3) is 0 Å². The van der Waals surface area contributed by atoms with Gasteiger partial charge in [-0.25, -0.2) is 9.69 Å². The maximum atomic E-state index is 11.9. The first-order valence-electron chi connectivity index (χ1n) is 7.06. The smallest absolute Gasteiger partial charge is 0.416 e. The van der Waals surface area contributed by atoms with E-state index in [2.05, 4.69) is 10.1 Å². The lowest BCUT2D eigenvalue weighted by Gasteiger charge is -2.11. The standard InChI is InChI=1S/C15H16N2O7/c1-22-11-4-2-3-10(7-11)14(20)16-8-13(19)24-9-12(18)17-5-6-23-15(17)21/h2-4,7H,5-6,8-9H2,1H3,(H,16,20). The summed E-state index contributed by atoms with van der Waals surface area (Å²) in [6, 6.07) is 6.40. The molecule has 1 N–H and O–H groups in total. The molecule has 1 aliphatic heterocycles. The Bertz CT molecular complexity index is 659. The summed E-state index contributed by atoms with van der Waals surface area (Å²) in [5.74, 6) is -1.45. The van der Waals surface area contributed by atoms with Gasteiger partial charge >= 0.3 is 12.1 Å². The molecule has 2 rings (SSSR count). The van der Waals surface area contributed by atoms with Gasteiger partial charge in [-0.3, -0.25) is 14.4 Å². The third kappa shape index (κ3) is 4.45. The number of methoxy groups -OCH3 is 1. The van der Waals surface area contributed by atoms with Crippen LogP contribution in [0, 0.1) is 0 Å². The molecule has 3 amide bonds. The lowest BCUT2D eigenvalue weighted by molar-refractivity contribution is -0.149. The van der Waals surface area contributed by atoms with E-state index in [0.29, 0.717) is 11.3 Å². The van der Waals surface area contributed by atoms with Gasteiger partial charge in [-0.05, 0) is 18.2 Å². The Balaban J connectivity index is 1.75. The van der Waals surface area contributed by atoms with Gasteiger partial charge in [0.2, 0.25) is 0 Å². The van der Waals surface area contributed by atoms with Gasteiger partial charge in [-0.1, -0.05) is 6.07 Å². The van der Waals surface area contributed by atoms with Crippen LogP contribution in [0.5, 0.6) is 5.75 Å². The number of rotatable bonds is 6. The highest BCUT2D eigenvalue weighted by molar-refractivity contribution is 5.97. The van der Waals surface area contributed by atoms with Crippen molar-refractivity contribution in [3.8, 4) is 5.75 Å². The van der Waals surface area contributed by atoms with Crippen LogP contribution in [0.4, 0.5) is 4.79 Å². The maximum Gasteiger partial charge on any atom is 0.416 e. The van der Waals surface area contributed by atoms with E-state index in [9.17, 15) is 19.2 Å². The molecule has 0 atom stereocenters. The Labute approximate surface area is 137 Å². The van der Waals surface area contributed by atoms with Crippen LogP contribution in [0.3, 0.4) is 0 Å². The van der Waals surface area contributed by atoms with E-state index in [1.54, 1.807) is 18.2 Å². The number of benzene rings is 1. The SMILES string of the molecule is COc1cccc(C(=O)NCC(=O)OCC(=O)N2CCOC2=O)c1. The summed E-state index contributed by atoms with van der Waals surface area (Å²) >= 11 is 0. The Hall–Kier alpha value is -3.10. The van der Waals surface area contributed by atoms with E-state index in [1.807, 2.05) is 0 Å². The van der Waals surface area contributed by atoms with Gasteiger partial charge in [0.1, 0.15) is 18.9 Å². The van der Waals surface area contributed by atoms with E-state index in [0.717, 1.165) is 4.90 Å². The topological polar surface area (TPSA) is 111 Å². The number of imide groups is 1. The molecule has 1 heterocycles. The number of carbonyl (C=O) groups is 4. The second-order valence-corrected chi connectivity index (χ2v) is 4.74. The summed E-state index contributed by atoms with van der Waals surface area (Å²) in [4.78, 5) is 47.1. The second-order valence-electron chi connectivity index (χ2n) is 4.74. The molecule has 128 valence electrons. The molecule has 9 nitrogen and oxygen atoms in total. The van der Waals surface area contributed by atoms with Crippen LogP contribution in [0.15, 0.2) is 24.3 Å². The van der Waals surface area contributed by atoms with Crippen molar-refractivity contribution in [1.82, 2.24) is 10.2 Å². The summed E-state index contributed by atoms with van der Waals surface area (Å²) in [5.41, 5.74) is 0.318. The van der Waals surface area contributed by atoms with Crippen molar-refractivity contribution in [2.24, 2.45) is 0 Å². The fourth-order valence-corrected chi connectivity index (χ4v) is 1.91. The third-order valence-electron chi connectivity index (χ3n) is 3.14. The molecule has 1 aliphatic rings. The molecule has 0 aliphatic carbocycles. The fourth-order valence-electron chi connectivity index (χ4n) is 1.91. The Morgan fingerprint density at radius 2 is 2.12 bits per heavy atom. The molecular formula is C15H16N2O7. The summed E-state index contributed by atoms with van der Waals surface area (Å²) < 4.78 is 14.3. The molecule has 1 fully saturated rings. The third-order valence-corrected chi connectivity index (χ3v) is 3.14. The van der Waals surface area contributed by atoms with Crippen LogP contribution < -0.4 is 10.1 Å². The zero-order valence-corrected chi connectivity index (χ0v) is 12.9. The highest BCUT2D eigenvalue weighted by atomic mass is 16.6. The highest BCUT2D eigenvalue weighted by Crippen LogP contribution is 2.12. The molecule has 0 spiro atoms. The molecule has 0 saturated carbocycles. The number of nitrogens with zero attached hydrogens (tertiary/aromatic N) is 1. The van der Waals surface area contributed by atoms with E-state index < -0.39 is 37.0 Å². The zero-order valence-electron chi connectivity index (χ0n) is 12.9. The van der Waals surface area contributed by atoms with Gasteiger partial charge in [0.15, 0.2) is 6.61 Å². The molecular weight excluding hydrogens is 320 g/mol. The average molecular weight is 336 g/mol. The average Bonchev–Trinajstić information content (AvgIpc) is 3.03. The number of ether oxygens (including phenoxy) is 3. The van der Waals surface area contributed by atoms with Crippen LogP contribution in [0.2, 0.25) is 0 Å². The van der Waals surface area contributed by atoms with Crippen molar-refractivity contribution in [3.63, 3.8) is 0 Å². The predicted octanol–water partition coefficient (Wildman–Crippen LogP) is -0.0530. The molecule has 1 aromatic carbocycles. The van der Waals surface area contributed by atoms with Crippen LogP contribution in [-0.4, -0.2) is 62.2 Å². The van der Waals surface area contributed by atoms with Crippen LogP contribution in [0.1, 0.15) is 10.4 Å².